The summed E-state index contributed by atoms with van der Waals surface area (Å²) in [6, 6.07) is 0. The van der Waals surface area contributed by atoms with E-state index in [4.69, 9.17) is 0 Å². The Morgan fingerprint density at radius 3 is 2.00 bits per heavy atom. The Hall–Kier alpha value is -0.0500. The molecule has 0 aliphatic heterocycles. The highest BCUT2D eigenvalue weighted by molar-refractivity contribution is 7.90. The zero-order valence-corrected chi connectivity index (χ0v) is 6.66. The van der Waals surface area contributed by atoms with Gasteiger partial charge >= 0.3 is 0 Å². The van der Waals surface area contributed by atoms with Crippen molar-refractivity contribution >= 4 is 9.84 Å². The van der Waals surface area contributed by atoms with Crippen LogP contribution in [0.15, 0.2) is 0 Å². The van der Waals surface area contributed by atoms with Gasteiger partial charge in [0.25, 0.3) is 0 Å². The molecule has 54 valence electrons. The van der Waals surface area contributed by atoms with Gasteiger partial charge in [0, 0.05) is 6.26 Å². The predicted octanol–water partition coefficient (Wildman–Crippen LogP) is 0.831. The first kappa shape index (κ1) is 7.06. The maximum Gasteiger partial charge on any atom is 0.147 e. The molecule has 1 rings (SSSR count). The van der Waals surface area contributed by atoms with Gasteiger partial charge in [-0.1, -0.05) is 6.92 Å². The lowest BCUT2D eigenvalue weighted by atomic mass is 10.2. The molecule has 0 N–H and O–H groups in total. The van der Waals surface area contributed by atoms with Crippen LogP contribution in [0.1, 0.15) is 19.8 Å². The predicted molar refractivity (Wildman–Crippen MR) is 37.1 cm³/mol. The molecule has 1 saturated carbocycles. The summed E-state index contributed by atoms with van der Waals surface area (Å²) in [7, 11) is -2.72. The fourth-order valence-corrected chi connectivity index (χ4v) is 2.55. The minimum absolute atomic E-state index is 0.146. The molecular weight excluding hydrogens is 136 g/mol. The Labute approximate surface area is 56.2 Å². The summed E-state index contributed by atoms with van der Waals surface area (Å²) in [6.45, 7) is 2.02. The molecule has 0 saturated heterocycles. The van der Waals surface area contributed by atoms with E-state index in [1.165, 1.54) is 6.26 Å². The van der Waals surface area contributed by atoms with Crippen LogP contribution in [0.2, 0.25) is 0 Å². The Bertz CT molecular complexity index is 199. The van der Waals surface area contributed by atoms with Gasteiger partial charge in [-0.25, -0.2) is 8.42 Å². The van der Waals surface area contributed by atoms with Gasteiger partial charge in [0.05, 0.1) is 5.75 Å². The van der Waals surface area contributed by atoms with Crippen LogP contribution in [0.5, 0.6) is 0 Å². The molecule has 0 aromatic rings. The molecule has 3 heteroatoms. The molecule has 1 fully saturated rings. The van der Waals surface area contributed by atoms with Crippen molar-refractivity contribution in [2.24, 2.45) is 5.41 Å². The smallest absolute Gasteiger partial charge is 0.147 e. The van der Waals surface area contributed by atoms with Gasteiger partial charge in [0.15, 0.2) is 0 Å². The van der Waals surface area contributed by atoms with Crippen molar-refractivity contribution in [2.45, 2.75) is 19.8 Å². The standard InChI is InChI=1S/C6H12O2S/c1-6(3-4-6)5-9(2,7)8/h3-5H2,1-2H3. The van der Waals surface area contributed by atoms with Crippen molar-refractivity contribution in [2.75, 3.05) is 12.0 Å². The zero-order chi connectivity index (χ0) is 7.12. The van der Waals surface area contributed by atoms with Gasteiger partial charge in [-0.15, -0.1) is 0 Å². The molecule has 0 aromatic heterocycles. The molecule has 0 heterocycles. The van der Waals surface area contributed by atoms with E-state index in [1.807, 2.05) is 6.92 Å². The van der Waals surface area contributed by atoms with Crippen molar-refractivity contribution in [3.63, 3.8) is 0 Å². The second-order valence-corrected chi connectivity index (χ2v) is 5.52. The van der Waals surface area contributed by atoms with E-state index in [9.17, 15) is 8.42 Å². The van der Waals surface area contributed by atoms with E-state index in [0.29, 0.717) is 5.75 Å². The minimum atomic E-state index is -2.72. The average Bonchev–Trinajstić information content (AvgIpc) is 2.12. The van der Waals surface area contributed by atoms with Crippen LogP contribution in [-0.4, -0.2) is 20.4 Å². The monoisotopic (exact) mass is 148 g/mol. The normalized spacial score (nSPS) is 23.8. The van der Waals surface area contributed by atoms with Gasteiger partial charge < -0.3 is 0 Å². The molecule has 0 amide bonds. The van der Waals surface area contributed by atoms with Crippen LogP contribution in [0, 0.1) is 5.41 Å². The lowest BCUT2D eigenvalue weighted by Crippen LogP contribution is -2.11. The van der Waals surface area contributed by atoms with Gasteiger partial charge in [-0.2, -0.15) is 0 Å². The summed E-state index contributed by atoms with van der Waals surface area (Å²) in [5.74, 6) is 0.375. The number of rotatable bonds is 2. The van der Waals surface area contributed by atoms with E-state index in [-0.39, 0.29) is 5.41 Å². The topological polar surface area (TPSA) is 34.1 Å². The third-order valence-corrected chi connectivity index (χ3v) is 2.94. The molecule has 1 aliphatic rings. The van der Waals surface area contributed by atoms with E-state index in [1.54, 1.807) is 0 Å². The Morgan fingerprint density at radius 1 is 1.44 bits per heavy atom. The third-order valence-electron chi connectivity index (χ3n) is 1.71. The van der Waals surface area contributed by atoms with Crippen molar-refractivity contribution in [1.82, 2.24) is 0 Å². The van der Waals surface area contributed by atoms with Crippen molar-refractivity contribution in [1.29, 1.82) is 0 Å². The van der Waals surface area contributed by atoms with E-state index < -0.39 is 9.84 Å². The van der Waals surface area contributed by atoms with Crippen LogP contribution in [-0.2, 0) is 9.84 Å². The number of sulfone groups is 1. The summed E-state index contributed by atoms with van der Waals surface area (Å²) < 4.78 is 21.4. The van der Waals surface area contributed by atoms with Crippen LogP contribution in [0.3, 0.4) is 0 Å². The molecule has 2 nitrogen and oxygen atoms in total. The summed E-state index contributed by atoms with van der Waals surface area (Å²) in [5.41, 5.74) is 0.146. The number of hydrogen-bond acceptors (Lipinski definition) is 2. The average molecular weight is 148 g/mol. The fraction of sp³-hybridized carbons (Fsp3) is 1.00. The molecular formula is C6H12O2S. The van der Waals surface area contributed by atoms with Crippen LogP contribution < -0.4 is 0 Å². The SMILES string of the molecule is CC1(CS(C)(=O)=O)CC1. The van der Waals surface area contributed by atoms with E-state index in [2.05, 4.69) is 0 Å². The highest BCUT2D eigenvalue weighted by Gasteiger charge is 2.39. The van der Waals surface area contributed by atoms with Gasteiger partial charge in [0.1, 0.15) is 9.84 Å². The molecule has 0 atom stereocenters. The van der Waals surface area contributed by atoms with Gasteiger partial charge in [0.2, 0.25) is 0 Å². The molecule has 9 heavy (non-hydrogen) atoms. The molecule has 0 unspecified atom stereocenters. The zero-order valence-electron chi connectivity index (χ0n) is 5.85. The maximum absolute atomic E-state index is 10.7. The largest absolute Gasteiger partial charge is 0.229 e. The lowest BCUT2D eigenvalue weighted by molar-refractivity contribution is 0.573. The highest BCUT2D eigenvalue weighted by Crippen LogP contribution is 2.45. The molecule has 1 aliphatic carbocycles. The first-order valence-electron chi connectivity index (χ1n) is 3.09. The fourth-order valence-electron chi connectivity index (χ4n) is 0.991. The first-order valence-corrected chi connectivity index (χ1v) is 5.15. The maximum atomic E-state index is 10.7. The first-order chi connectivity index (χ1) is 3.91. The van der Waals surface area contributed by atoms with Crippen LogP contribution in [0.25, 0.3) is 0 Å². The van der Waals surface area contributed by atoms with Crippen molar-refractivity contribution in [3.8, 4) is 0 Å². The Morgan fingerprint density at radius 2 is 1.89 bits per heavy atom. The molecule has 0 aromatic carbocycles. The molecule has 0 spiro atoms. The second kappa shape index (κ2) is 1.72. The second-order valence-electron chi connectivity index (χ2n) is 3.38. The highest BCUT2D eigenvalue weighted by atomic mass is 32.2. The molecule has 0 bridgehead atoms. The van der Waals surface area contributed by atoms with E-state index in [0.717, 1.165) is 12.8 Å². The Balaban J connectivity index is 2.53. The number of hydrogen-bond donors (Lipinski definition) is 0. The summed E-state index contributed by atoms with van der Waals surface area (Å²) in [5, 5.41) is 0. The summed E-state index contributed by atoms with van der Waals surface area (Å²) in [4.78, 5) is 0. The molecule has 0 radical (unpaired) electrons. The summed E-state index contributed by atoms with van der Waals surface area (Å²) in [6.07, 6.45) is 3.47. The van der Waals surface area contributed by atoms with Crippen molar-refractivity contribution < 1.29 is 8.42 Å². The van der Waals surface area contributed by atoms with E-state index >= 15 is 0 Å². The van der Waals surface area contributed by atoms with Gasteiger partial charge in [-0.05, 0) is 18.3 Å². The lowest BCUT2D eigenvalue weighted by Gasteiger charge is -2.03. The van der Waals surface area contributed by atoms with Gasteiger partial charge in [-0.3, -0.25) is 0 Å². The Kier molecular flexibility index (Phi) is 1.35. The third kappa shape index (κ3) is 2.35. The van der Waals surface area contributed by atoms with Crippen molar-refractivity contribution in [3.05, 3.63) is 0 Å². The van der Waals surface area contributed by atoms with Crippen LogP contribution in [0.4, 0.5) is 0 Å². The quantitative estimate of drug-likeness (QED) is 0.581. The summed E-state index contributed by atoms with van der Waals surface area (Å²) >= 11 is 0. The van der Waals surface area contributed by atoms with Crippen LogP contribution >= 0.6 is 0 Å². The minimum Gasteiger partial charge on any atom is -0.229 e.